The summed E-state index contributed by atoms with van der Waals surface area (Å²) in [7, 11) is 0. The zero-order chi connectivity index (χ0) is 9.26. The molecule has 3 heteroatoms. The van der Waals surface area contributed by atoms with Gasteiger partial charge in [0.05, 0.1) is 12.2 Å². The number of nitrogens with zero attached hydrogens (tertiary/aromatic N) is 2. The average Bonchev–Trinajstić information content (AvgIpc) is 2.71. The molecule has 0 spiro atoms. The van der Waals surface area contributed by atoms with Gasteiger partial charge in [0.1, 0.15) is 0 Å². The predicted octanol–water partition coefficient (Wildman–Crippen LogP) is 1.53. The predicted molar refractivity (Wildman–Crippen MR) is 50.4 cm³/mol. The van der Waals surface area contributed by atoms with E-state index in [4.69, 9.17) is 5.11 Å². The van der Waals surface area contributed by atoms with E-state index < -0.39 is 0 Å². The lowest BCUT2D eigenvalue weighted by Gasteiger charge is -2.17. The molecule has 0 aromatic carbocycles. The summed E-state index contributed by atoms with van der Waals surface area (Å²) in [5.41, 5.74) is 1.20. The molecule has 3 nitrogen and oxygen atoms in total. The number of hydrogen-bond donors (Lipinski definition) is 1. The Morgan fingerprint density at radius 3 is 3.08 bits per heavy atom. The molecule has 2 unspecified atom stereocenters. The van der Waals surface area contributed by atoms with E-state index in [9.17, 15) is 0 Å². The quantitative estimate of drug-likeness (QED) is 0.749. The first-order valence-corrected chi connectivity index (χ1v) is 4.93. The Kier molecular flexibility index (Phi) is 2.36. The van der Waals surface area contributed by atoms with Crippen molar-refractivity contribution in [1.29, 1.82) is 0 Å². The van der Waals surface area contributed by atoms with Crippen LogP contribution >= 0.6 is 0 Å². The van der Waals surface area contributed by atoms with Gasteiger partial charge in [-0.05, 0) is 25.3 Å². The van der Waals surface area contributed by atoms with E-state index in [1.807, 2.05) is 17.8 Å². The summed E-state index contributed by atoms with van der Waals surface area (Å²) in [6.07, 6.45) is 7.46. The molecule has 1 aliphatic carbocycles. The molecule has 1 aliphatic rings. The number of rotatable bonds is 2. The molecule has 0 bridgehead atoms. The first-order chi connectivity index (χ1) is 6.31. The van der Waals surface area contributed by atoms with Crippen LogP contribution in [0.2, 0.25) is 0 Å². The van der Waals surface area contributed by atoms with E-state index >= 15 is 0 Å². The van der Waals surface area contributed by atoms with Gasteiger partial charge in [0.2, 0.25) is 0 Å². The third-order valence-corrected chi connectivity index (χ3v) is 2.92. The summed E-state index contributed by atoms with van der Waals surface area (Å²) in [6.45, 7) is 2.34. The Morgan fingerprint density at radius 1 is 1.62 bits per heavy atom. The van der Waals surface area contributed by atoms with E-state index in [2.05, 4.69) is 11.3 Å². The highest BCUT2D eigenvalue weighted by atomic mass is 16.3. The van der Waals surface area contributed by atoms with Crippen molar-refractivity contribution >= 4 is 0 Å². The molecule has 0 amide bonds. The van der Waals surface area contributed by atoms with Crippen LogP contribution in [0.4, 0.5) is 0 Å². The van der Waals surface area contributed by atoms with Gasteiger partial charge in [0.25, 0.3) is 0 Å². The molecule has 1 aromatic rings. The van der Waals surface area contributed by atoms with Gasteiger partial charge >= 0.3 is 0 Å². The second kappa shape index (κ2) is 3.50. The van der Waals surface area contributed by atoms with Gasteiger partial charge < -0.3 is 5.11 Å². The van der Waals surface area contributed by atoms with Gasteiger partial charge in [0, 0.05) is 18.7 Å². The van der Waals surface area contributed by atoms with Crippen LogP contribution in [0, 0.1) is 12.8 Å². The molecular formula is C10H16N2O. The maximum Gasteiger partial charge on any atom is 0.0569 e. The summed E-state index contributed by atoms with van der Waals surface area (Å²) >= 11 is 0. The monoisotopic (exact) mass is 180 g/mol. The highest BCUT2D eigenvalue weighted by Gasteiger charge is 2.28. The van der Waals surface area contributed by atoms with Crippen LogP contribution in [-0.2, 0) is 0 Å². The van der Waals surface area contributed by atoms with Crippen LogP contribution in [0.3, 0.4) is 0 Å². The summed E-state index contributed by atoms with van der Waals surface area (Å²) in [5.74, 6) is 0.416. The SMILES string of the molecule is Cc1cnn(C2CCCC2CO)c1. The minimum Gasteiger partial charge on any atom is -0.396 e. The van der Waals surface area contributed by atoms with Crippen molar-refractivity contribution in [1.82, 2.24) is 9.78 Å². The van der Waals surface area contributed by atoms with Crippen LogP contribution in [-0.4, -0.2) is 21.5 Å². The highest BCUT2D eigenvalue weighted by Crippen LogP contribution is 2.34. The smallest absolute Gasteiger partial charge is 0.0569 e. The number of aliphatic hydroxyl groups is 1. The van der Waals surface area contributed by atoms with Crippen LogP contribution in [0.1, 0.15) is 30.9 Å². The van der Waals surface area contributed by atoms with Gasteiger partial charge in [0.15, 0.2) is 0 Å². The fourth-order valence-electron chi connectivity index (χ4n) is 2.19. The van der Waals surface area contributed by atoms with Crippen molar-refractivity contribution < 1.29 is 5.11 Å². The largest absolute Gasteiger partial charge is 0.396 e. The summed E-state index contributed by atoms with van der Waals surface area (Å²) in [6, 6.07) is 0.429. The summed E-state index contributed by atoms with van der Waals surface area (Å²) < 4.78 is 2.02. The van der Waals surface area contributed by atoms with Gasteiger partial charge in [-0.15, -0.1) is 0 Å². The second-order valence-electron chi connectivity index (χ2n) is 3.94. The average molecular weight is 180 g/mol. The van der Waals surface area contributed by atoms with Crippen LogP contribution in [0.15, 0.2) is 12.4 Å². The first kappa shape index (κ1) is 8.75. The lowest BCUT2D eigenvalue weighted by Crippen LogP contribution is -2.17. The molecule has 2 rings (SSSR count). The Labute approximate surface area is 78.4 Å². The van der Waals surface area contributed by atoms with Crippen molar-refractivity contribution in [3.63, 3.8) is 0 Å². The Morgan fingerprint density at radius 2 is 2.46 bits per heavy atom. The Balaban J connectivity index is 2.15. The molecule has 1 heterocycles. The maximum absolute atomic E-state index is 9.16. The van der Waals surface area contributed by atoms with Crippen LogP contribution < -0.4 is 0 Å². The molecule has 0 saturated heterocycles. The van der Waals surface area contributed by atoms with Gasteiger partial charge in [-0.3, -0.25) is 4.68 Å². The fourth-order valence-corrected chi connectivity index (χ4v) is 2.19. The molecule has 0 aliphatic heterocycles. The van der Waals surface area contributed by atoms with E-state index in [-0.39, 0.29) is 0 Å². The number of aliphatic hydroxyl groups excluding tert-OH is 1. The van der Waals surface area contributed by atoms with Gasteiger partial charge in [-0.1, -0.05) is 6.42 Å². The lowest BCUT2D eigenvalue weighted by atomic mass is 10.1. The molecule has 1 saturated carbocycles. The molecule has 1 N–H and O–H groups in total. The molecular weight excluding hydrogens is 164 g/mol. The second-order valence-corrected chi connectivity index (χ2v) is 3.94. The molecule has 1 fully saturated rings. The Hall–Kier alpha value is -0.830. The Bertz CT molecular complexity index is 282. The summed E-state index contributed by atoms with van der Waals surface area (Å²) in [5, 5.41) is 13.5. The van der Waals surface area contributed by atoms with Crippen molar-refractivity contribution in [2.45, 2.75) is 32.2 Å². The van der Waals surface area contributed by atoms with Crippen molar-refractivity contribution in [3.05, 3.63) is 18.0 Å². The molecule has 72 valence electrons. The first-order valence-electron chi connectivity index (χ1n) is 4.93. The van der Waals surface area contributed by atoms with E-state index in [1.165, 1.54) is 12.0 Å². The van der Waals surface area contributed by atoms with Gasteiger partial charge in [-0.2, -0.15) is 5.10 Å². The minimum absolute atomic E-state index is 0.295. The topological polar surface area (TPSA) is 38.0 Å². The fraction of sp³-hybridized carbons (Fsp3) is 0.700. The normalized spacial score (nSPS) is 28.2. The van der Waals surface area contributed by atoms with Crippen LogP contribution in [0.25, 0.3) is 0 Å². The zero-order valence-electron chi connectivity index (χ0n) is 7.98. The number of hydrogen-bond acceptors (Lipinski definition) is 2. The van der Waals surface area contributed by atoms with E-state index in [1.54, 1.807) is 0 Å². The molecule has 2 atom stereocenters. The number of aromatic nitrogens is 2. The zero-order valence-corrected chi connectivity index (χ0v) is 7.98. The van der Waals surface area contributed by atoms with Crippen molar-refractivity contribution in [3.8, 4) is 0 Å². The van der Waals surface area contributed by atoms with E-state index in [0.717, 1.165) is 12.8 Å². The van der Waals surface area contributed by atoms with Gasteiger partial charge in [-0.25, -0.2) is 0 Å². The third-order valence-electron chi connectivity index (χ3n) is 2.92. The molecule has 1 aromatic heterocycles. The van der Waals surface area contributed by atoms with Crippen molar-refractivity contribution in [2.24, 2.45) is 5.92 Å². The summed E-state index contributed by atoms with van der Waals surface area (Å²) in [4.78, 5) is 0. The minimum atomic E-state index is 0.295. The third kappa shape index (κ3) is 1.61. The van der Waals surface area contributed by atoms with Crippen molar-refractivity contribution in [2.75, 3.05) is 6.61 Å². The maximum atomic E-state index is 9.16. The molecule has 0 radical (unpaired) electrons. The molecule has 13 heavy (non-hydrogen) atoms. The van der Waals surface area contributed by atoms with E-state index in [0.29, 0.717) is 18.6 Å². The lowest BCUT2D eigenvalue weighted by molar-refractivity contribution is 0.190. The highest BCUT2D eigenvalue weighted by molar-refractivity contribution is 5.01. The standard InChI is InChI=1S/C10H16N2O/c1-8-5-11-12(6-8)10-4-2-3-9(10)7-13/h5-6,9-10,13H,2-4,7H2,1H3. The van der Waals surface area contributed by atoms with Crippen LogP contribution in [0.5, 0.6) is 0 Å². The number of aryl methyl sites for hydroxylation is 1.